The van der Waals surface area contributed by atoms with Gasteiger partial charge in [0.25, 0.3) is 0 Å². The first-order valence-electron chi connectivity index (χ1n) is 11.1. The van der Waals surface area contributed by atoms with Crippen molar-refractivity contribution in [1.29, 1.82) is 0 Å². The highest BCUT2D eigenvalue weighted by atomic mass is 16.5. The zero-order valence-electron chi connectivity index (χ0n) is 19.0. The van der Waals surface area contributed by atoms with Crippen molar-refractivity contribution in [2.24, 2.45) is 5.92 Å². The molecule has 1 heterocycles. The van der Waals surface area contributed by atoms with Crippen LogP contribution in [-0.2, 0) is 16.0 Å². The van der Waals surface area contributed by atoms with Crippen LogP contribution in [0.1, 0.15) is 45.1 Å². The molecule has 0 saturated carbocycles. The van der Waals surface area contributed by atoms with Gasteiger partial charge in [-0.2, -0.15) is 0 Å². The number of likely N-dealkylation sites (tertiary alicyclic amines) is 1. The molecule has 1 fully saturated rings. The molecule has 7 heteroatoms. The minimum Gasteiger partial charge on any atom is -0.497 e. The molecule has 1 aliphatic heterocycles. The maximum Gasteiger partial charge on any atom is 0.217 e. The highest BCUT2D eigenvalue weighted by Crippen LogP contribution is 2.30. The summed E-state index contributed by atoms with van der Waals surface area (Å²) >= 11 is 0. The molecule has 0 bridgehead atoms. The van der Waals surface area contributed by atoms with Crippen molar-refractivity contribution in [2.45, 2.75) is 64.1 Å². The zero-order chi connectivity index (χ0) is 22.8. The molecule has 31 heavy (non-hydrogen) atoms. The van der Waals surface area contributed by atoms with Gasteiger partial charge in [0.05, 0.1) is 13.2 Å². The van der Waals surface area contributed by atoms with E-state index in [9.17, 15) is 14.7 Å². The molecule has 1 saturated heterocycles. The number of aliphatic hydroxyl groups is 1. The van der Waals surface area contributed by atoms with Gasteiger partial charge >= 0.3 is 0 Å². The molecule has 7 nitrogen and oxygen atoms in total. The van der Waals surface area contributed by atoms with Crippen LogP contribution in [0.2, 0.25) is 0 Å². The Morgan fingerprint density at radius 1 is 1.35 bits per heavy atom. The van der Waals surface area contributed by atoms with Gasteiger partial charge in [-0.3, -0.25) is 9.59 Å². The number of rotatable bonds is 13. The fraction of sp³-hybridized carbons (Fsp3) is 0.583. The molecule has 2 rings (SSSR count). The Morgan fingerprint density at radius 3 is 2.65 bits per heavy atom. The van der Waals surface area contributed by atoms with E-state index in [1.165, 1.54) is 12.5 Å². The fourth-order valence-corrected chi connectivity index (χ4v) is 4.33. The third-order valence-electron chi connectivity index (χ3n) is 6.25. The van der Waals surface area contributed by atoms with Gasteiger partial charge in [0, 0.05) is 43.8 Å². The fourth-order valence-electron chi connectivity index (χ4n) is 4.33. The average molecular weight is 432 g/mol. The van der Waals surface area contributed by atoms with Gasteiger partial charge < -0.3 is 25.4 Å². The van der Waals surface area contributed by atoms with E-state index in [4.69, 9.17) is 4.74 Å². The quantitative estimate of drug-likeness (QED) is 0.417. The van der Waals surface area contributed by atoms with E-state index in [0.29, 0.717) is 0 Å². The Hall–Kier alpha value is -2.54. The molecule has 1 aliphatic rings. The normalized spacial score (nSPS) is 20.1. The molecule has 1 aromatic rings. The number of carbonyl (C=O) groups is 2. The highest BCUT2D eigenvalue weighted by molar-refractivity contribution is 5.73. The topological polar surface area (TPSA) is 90.9 Å². The largest absolute Gasteiger partial charge is 0.497 e. The Morgan fingerprint density at radius 2 is 2.06 bits per heavy atom. The molecule has 172 valence electrons. The second kappa shape index (κ2) is 12.3. The number of nitrogens with one attached hydrogen (secondary N) is 2. The second-order valence-corrected chi connectivity index (χ2v) is 8.36. The average Bonchev–Trinajstić information content (AvgIpc) is 3.17. The first kappa shape index (κ1) is 24.7. The van der Waals surface area contributed by atoms with Crippen molar-refractivity contribution in [3.63, 3.8) is 0 Å². The van der Waals surface area contributed by atoms with E-state index in [1.807, 2.05) is 36.1 Å². The Balaban J connectivity index is 1.82. The van der Waals surface area contributed by atoms with Gasteiger partial charge in [-0.05, 0) is 56.7 Å². The first-order valence-corrected chi connectivity index (χ1v) is 11.1. The van der Waals surface area contributed by atoms with E-state index in [1.54, 1.807) is 7.11 Å². The lowest BCUT2D eigenvalue weighted by atomic mass is 9.93. The summed E-state index contributed by atoms with van der Waals surface area (Å²) in [7, 11) is 1.65. The van der Waals surface area contributed by atoms with Gasteiger partial charge in [0.15, 0.2) is 0 Å². The molecule has 0 aromatic heterocycles. The minimum absolute atomic E-state index is 0.0122. The molecule has 1 aromatic carbocycles. The van der Waals surface area contributed by atoms with Gasteiger partial charge in [-0.1, -0.05) is 18.7 Å². The third-order valence-corrected chi connectivity index (χ3v) is 6.25. The van der Waals surface area contributed by atoms with Crippen LogP contribution in [0.3, 0.4) is 0 Å². The van der Waals surface area contributed by atoms with Crippen LogP contribution < -0.4 is 15.4 Å². The second-order valence-electron chi connectivity index (χ2n) is 8.36. The summed E-state index contributed by atoms with van der Waals surface area (Å²) < 4.78 is 5.18. The third kappa shape index (κ3) is 7.28. The SMILES string of the molecule is C=C(NCCc1ccc(OC)cc1)C1CCC(CCC(CO)C(C)NC(C)=O)N1C=O. The lowest BCUT2D eigenvalue weighted by molar-refractivity contribution is -0.120. The molecule has 0 radical (unpaired) electrons. The zero-order valence-corrected chi connectivity index (χ0v) is 19.0. The van der Waals surface area contributed by atoms with Crippen molar-refractivity contribution in [3.8, 4) is 5.75 Å². The van der Waals surface area contributed by atoms with Crippen molar-refractivity contribution in [3.05, 3.63) is 42.1 Å². The number of ether oxygens (including phenoxy) is 1. The van der Waals surface area contributed by atoms with Crippen LogP contribution in [-0.4, -0.2) is 60.7 Å². The molecule has 0 aliphatic carbocycles. The summed E-state index contributed by atoms with van der Waals surface area (Å²) in [5.41, 5.74) is 2.08. The van der Waals surface area contributed by atoms with E-state index in [0.717, 1.165) is 56.5 Å². The van der Waals surface area contributed by atoms with Crippen molar-refractivity contribution in [1.82, 2.24) is 15.5 Å². The van der Waals surface area contributed by atoms with Crippen LogP contribution in [0.5, 0.6) is 5.75 Å². The molecule has 0 spiro atoms. The van der Waals surface area contributed by atoms with E-state index >= 15 is 0 Å². The Bertz CT molecular complexity index is 722. The maximum absolute atomic E-state index is 11.8. The maximum atomic E-state index is 11.8. The Labute approximate surface area is 185 Å². The predicted molar refractivity (Wildman–Crippen MR) is 122 cm³/mol. The van der Waals surface area contributed by atoms with Crippen molar-refractivity contribution >= 4 is 12.3 Å². The van der Waals surface area contributed by atoms with Gasteiger partial charge in [-0.15, -0.1) is 0 Å². The summed E-state index contributed by atoms with van der Waals surface area (Å²) in [5, 5.41) is 15.9. The first-order chi connectivity index (χ1) is 14.9. The molecule has 2 amide bonds. The lowest BCUT2D eigenvalue weighted by Crippen LogP contribution is -2.41. The number of benzene rings is 1. The summed E-state index contributed by atoms with van der Waals surface area (Å²) in [6.45, 7) is 8.33. The summed E-state index contributed by atoms with van der Waals surface area (Å²) in [6.07, 6.45) is 5.11. The molecule has 3 N–H and O–H groups in total. The Kier molecular flexibility index (Phi) is 9.85. The minimum atomic E-state index is -0.0987. The van der Waals surface area contributed by atoms with Crippen molar-refractivity contribution < 1.29 is 19.4 Å². The molecule has 4 atom stereocenters. The standard InChI is InChI=1S/C24H37N3O4/c1-17(26-19(3)30)21(15-28)7-8-22-9-12-24(27(22)16-29)18(2)25-14-13-20-5-10-23(31-4)11-6-20/h5-6,10-11,16-17,21-22,24-25,28H,2,7-9,12-15H2,1,3-4H3,(H,26,30). The predicted octanol–water partition coefficient (Wildman–Crippen LogP) is 2.24. The number of carbonyl (C=O) groups excluding carboxylic acids is 2. The van der Waals surface area contributed by atoms with Crippen LogP contribution in [0.4, 0.5) is 0 Å². The number of amides is 2. The molecule has 4 unspecified atom stereocenters. The number of nitrogens with zero attached hydrogens (tertiary/aromatic N) is 1. The van der Waals surface area contributed by atoms with Crippen LogP contribution in [0.25, 0.3) is 0 Å². The van der Waals surface area contributed by atoms with Gasteiger partial charge in [0.2, 0.25) is 12.3 Å². The number of aliphatic hydroxyl groups excluding tert-OH is 1. The van der Waals surface area contributed by atoms with E-state index in [2.05, 4.69) is 17.2 Å². The van der Waals surface area contributed by atoms with Gasteiger partial charge in [-0.25, -0.2) is 0 Å². The van der Waals surface area contributed by atoms with Crippen LogP contribution in [0, 0.1) is 5.92 Å². The number of methoxy groups -OCH3 is 1. The van der Waals surface area contributed by atoms with Crippen molar-refractivity contribution in [2.75, 3.05) is 20.3 Å². The summed E-state index contributed by atoms with van der Waals surface area (Å²) in [6, 6.07) is 8.01. The van der Waals surface area contributed by atoms with Crippen LogP contribution in [0.15, 0.2) is 36.5 Å². The summed E-state index contributed by atoms with van der Waals surface area (Å²) in [5.74, 6) is 0.718. The van der Waals surface area contributed by atoms with E-state index < -0.39 is 0 Å². The van der Waals surface area contributed by atoms with E-state index in [-0.39, 0.29) is 36.6 Å². The molecular weight excluding hydrogens is 394 g/mol. The van der Waals surface area contributed by atoms with Crippen LogP contribution >= 0.6 is 0 Å². The molecular formula is C24H37N3O4. The lowest BCUT2D eigenvalue weighted by Gasteiger charge is -2.30. The summed E-state index contributed by atoms with van der Waals surface area (Å²) in [4.78, 5) is 25.0. The number of hydrogen-bond donors (Lipinski definition) is 3. The smallest absolute Gasteiger partial charge is 0.217 e. The number of hydrogen-bond acceptors (Lipinski definition) is 5. The van der Waals surface area contributed by atoms with Gasteiger partial charge in [0.1, 0.15) is 5.75 Å². The monoisotopic (exact) mass is 431 g/mol. The highest BCUT2D eigenvalue weighted by Gasteiger charge is 2.34.